The minimum absolute atomic E-state index is 0.0137. The maximum absolute atomic E-state index is 13.5. The summed E-state index contributed by atoms with van der Waals surface area (Å²) in [4.78, 5) is 83.3. The van der Waals surface area contributed by atoms with Gasteiger partial charge in [0.2, 0.25) is 35.4 Å². The second kappa shape index (κ2) is 20.9. The number of carbonyl (C=O) groups excluding carboxylic acids is 6. The van der Waals surface area contributed by atoms with Gasteiger partial charge in [0.15, 0.2) is 5.96 Å². The summed E-state index contributed by atoms with van der Waals surface area (Å²) in [5.74, 6) is -3.36. The van der Waals surface area contributed by atoms with Gasteiger partial charge in [0.05, 0.1) is 13.2 Å². The first-order chi connectivity index (χ1) is 22.1. The highest BCUT2D eigenvalue weighted by Gasteiger charge is 2.36. The summed E-state index contributed by atoms with van der Waals surface area (Å²) in [5, 5.41) is 13.2. The van der Waals surface area contributed by atoms with Crippen LogP contribution in [0.15, 0.2) is 4.99 Å². The summed E-state index contributed by atoms with van der Waals surface area (Å²) in [7, 11) is 0. The summed E-state index contributed by atoms with van der Waals surface area (Å²) in [5.41, 5.74) is 22.2. The molecule has 18 heteroatoms. The van der Waals surface area contributed by atoms with Crippen LogP contribution in [0.25, 0.3) is 0 Å². The van der Waals surface area contributed by atoms with Crippen LogP contribution < -0.4 is 49.5 Å². The van der Waals surface area contributed by atoms with Crippen LogP contribution in [-0.4, -0.2) is 117 Å². The Bertz CT molecular complexity index is 1070. The highest BCUT2D eigenvalue weighted by Crippen LogP contribution is 2.19. The largest absolute Gasteiger partial charge is 0.370 e. The fourth-order valence-electron chi connectivity index (χ4n) is 5.15. The zero-order valence-corrected chi connectivity index (χ0v) is 26.4. The quantitative estimate of drug-likeness (QED) is 0.0656. The van der Waals surface area contributed by atoms with E-state index in [4.69, 9.17) is 27.7 Å². The van der Waals surface area contributed by atoms with E-state index in [1.165, 1.54) is 4.90 Å². The van der Waals surface area contributed by atoms with Crippen molar-refractivity contribution in [1.82, 2.24) is 31.5 Å². The van der Waals surface area contributed by atoms with Crippen LogP contribution >= 0.6 is 0 Å². The first kappa shape index (κ1) is 38.2. The molecular formula is C28H51N11O7. The van der Waals surface area contributed by atoms with Crippen molar-refractivity contribution in [3.05, 3.63) is 0 Å². The molecule has 0 bridgehead atoms. The van der Waals surface area contributed by atoms with Crippen LogP contribution in [0.5, 0.6) is 0 Å². The number of carbonyl (C=O) groups is 6. The number of nitrogens with zero attached hydrogens (tertiary/aromatic N) is 2. The molecule has 4 atom stereocenters. The average molecular weight is 654 g/mol. The van der Waals surface area contributed by atoms with E-state index in [0.29, 0.717) is 64.6 Å². The lowest BCUT2D eigenvalue weighted by Gasteiger charge is -2.27. The second-order valence-corrected chi connectivity index (χ2v) is 11.2. The standard InChI is InChI=1S/C28H51N11O7/c29-11-3-1-6-18-25(43)35-17-46-15-10-20(38-28(31)32)24(42)34-16-22(40)33-13-9-23(41)39-14-5-8-21(39)27(45)37-19(26(44)36-18)7-2-4-12-30/h18-21H,1-17,29-30H2,(H,33,40)(H,34,42)(H,35,43)(H,36,44)(H,37,45)(H4,31,32,38)/t18-,19-,20+,21+/m0/s1. The van der Waals surface area contributed by atoms with Gasteiger partial charge in [0.25, 0.3) is 0 Å². The highest BCUT2D eigenvalue weighted by atomic mass is 16.5. The van der Waals surface area contributed by atoms with Crippen molar-refractivity contribution >= 4 is 41.4 Å². The third-order valence-corrected chi connectivity index (χ3v) is 7.61. The molecule has 2 fully saturated rings. The van der Waals surface area contributed by atoms with Crippen molar-refractivity contribution in [2.24, 2.45) is 27.9 Å². The molecule has 0 spiro atoms. The summed E-state index contributed by atoms with van der Waals surface area (Å²) in [6, 6.07) is -3.75. The summed E-state index contributed by atoms with van der Waals surface area (Å²) in [6.45, 7) is 0.513. The molecule has 0 aromatic rings. The predicted molar refractivity (Wildman–Crippen MR) is 168 cm³/mol. The molecule has 0 unspecified atom stereocenters. The number of nitrogens with two attached hydrogens (primary N) is 4. The van der Waals surface area contributed by atoms with Gasteiger partial charge in [-0.2, -0.15) is 0 Å². The van der Waals surface area contributed by atoms with E-state index in [2.05, 4.69) is 31.6 Å². The van der Waals surface area contributed by atoms with Gasteiger partial charge >= 0.3 is 0 Å². The number of hydrogen-bond donors (Lipinski definition) is 9. The van der Waals surface area contributed by atoms with Crippen molar-refractivity contribution in [1.29, 1.82) is 0 Å². The Hall–Kier alpha value is -4.03. The predicted octanol–water partition coefficient (Wildman–Crippen LogP) is -4.04. The van der Waals surface area contributed by atoms with Crippen LogP contribution in [0, 0.1) is 0 Å². The van der Waals surface area contributed by atoms with E-state index >= 15 is 0 Å². The highest BCUT2D eigenvalue weighted by molar-refractivity contribution is 5.94. The normalized spacial score (nSPS) is 25.0. The number of nitrogens with one attached hydrogen (secondary N) is 5. The molecule has 46 heavy (non-hydrogen) atoms. The fourth-order valence-corrected chi connectivity index (χ4v) is 5.15. The third-order valence-electron chi connectivity index (χ3n) is 7.61. The van der Waals surface area contributed by atoms with Crippen LogP contribution in [0.1, 0.15) is 64.2 Å². The Labute approximate surface area is 268 Å². The maximum Gasteiger partial charge on any atom is 0.245 e. The van der Waals surface area contributed by atoms with E-state index in [1.807, 2.05) is 0 Å². The van der Waals surface area contributed by atoms with Crippen LogP contribution in [-0.2, 0) is 33.5 Å². The Kier molecular flexibility index (Phi) is 17.3. The molecule has 2 rings (SSSR count). The third kappa shape index (κ3) is 13.5. The molecule has 2 saturated heterocycles. The molecule has 2 aliphatic heterocycles. The fraction of sp³-hybridized carbons (Fsp3) is 0.750. The molecule has 2 heterocycles. The van der Waals surface area contributed by atoms with Gasteiger partial charge in [0, 0.05) is 25.9 Å². The van der Waals surface area contributed by atoms with E-state index < -0.39 is 53.7 Å². The summed E-state index contributed by atoms with van der Waals surface area (Å²) >= 11 is 0. The van der Waals surface area contributed by atoms with E-state index in [9.17, 15) is 28.8 Å². The van der Waals surface area contributed by atoms with Gasteiger partial charge in [-0.15, -0.1) is 0 Å². The SMILES string of the molecule is NCCCC[C@@H]1NC(=O)[C@H](CCCCN)NC(=O)[C@H]2CCCN2C(=O)CCNC(=O)CNC(=O)[C@H](N=C(N)N)CCOCNC1=O. The number of hydrogen-bond acceptors (Lipinski definition) is 10. The molecule has 0 aromatic heterocycles. The molecule has 6 amide bonds. The average Bonchev–Trinajstić information content (AvgIpc) is 3.52. The van der Waals surface area contributed by atoms with Crippen molar-refractivity contribution in [2.75, 3.05) is 46.1 Å². The van der Waals surface area contributed by atoms with Crippen molar-refractivity contribution in [3.63, 3.8) is 0 Å². The lowest BCUT2D eigenvalue weighted by Crippen LogP contribution is -2.56. The minimum atomic E-state index is -1.06. The van der Waals surface area contributed by atoms with Crippen molar-refractivity contribution in [3.8, 4) is 0 Å². The van der Waals surface area contributed by atoms with Gasteiger partial charge in [-0.25, -0.2) is 4.99 Å². The van der Waals surface area contributed by atoms with E-state index in [0.717, 1.165) is 0 Å². The molecular weight excluding hydrogens is 602 g/mol. The Morgan fingerprint density at radius 1 is 0.804 bits per heavy atom. The maximum atomic E-state index is 13.5. The molecule has 0 aliphatic carbocycles. The Balaban J connectivity index is 2.27. The van der Waals surface area contributed by atoms with Gasteiger partial charge in [-0.1, -0.05) is 0 Å². The topological polar surface area (TPSA) is 291 Å². The second-order valence-electron chi connectivity index (χ2n) is 11.2. The summed E-state index contributed by atoms with van der Waals surface area (Å²) < 4.78 is 5.48. The lowest BCUT2D eigenvalue weighted by atomic mass is 10.0. The number of unbranched alkanes of at least 4 members (excludes halogenated alkanes) is 2. The van der Waals surface area contributed by atoms with Gasteiger partial charge in [-0.3, -0.25) is 28.8 Å². The molecule has 18 nitrogen and oxygen atoms in total. The number of ether oxygens (including phenoxy) is 1. The number of aliphatic imine (C=N–C) groups is 1. The molecule has 0 saturated carbocycles. The van der Waals surface area contributed by atoms with Crippen LogP contribution in [0.4, 0.5) is 0 Å². The number of guanidine groups is 1. The lowest BCUT2D eigenvalue weighted by molar-refractivity contribution is -0.140. The van der Waals surface area contributed by atoms with Crippen molar-refractivity contribution < 1.29 is 33.5 Å². The van der Waals surface area contributed by atoms with E-state index in [1.54, 1.807) is 0 Å². The zero-order chi connectivity index (χ0) is 33.9. The molecule has 0 radical (unpaired) electrons. The number of amides is 6. The molecule has 13 N–H and O–H groups in total. The number of fused-ring (bicyclic) bond motifs is 1. The van der Waals surface area contributed by atoms with Crippen LogP contribution in [0.2, 0.25) is 0 Å². The molecule has 2 aliphatic rings. The van der Waals surface area contributed by atoms with Gasteiger partial charge in [-0.05, 0) is 64.5 Å². The Morgan fingerprint density at radius 2 is 1.46 bits per heavy atom. The summed E-state index contributed by atoms with van der Waals surface area (Å²) in [6.07, 6.45) is 3.92. The smallest absolute Gasteiger partial charge is 0.245 e. The monoisotopic (exact) mass is 653 g/mol. The first-order valence-electron chi connectivity index (χ1n) is 15.9. The number of rotatable bonds is 9. The van der Waals surface area contributed by atoms with Crippen LogP contribution in [0.3, 0.4) is 0 Å². The van der Waals surface area contributed by atoms with Gasteiger partial charge < -0.3 is 59.2 Å². The Morgan fingerprint density at radius 3 is 2.11 bits per heavy atom. The zero-order valence-electron chi connectivity index (χ0n) is 26.4. The van der Waals surface area contributed by atoms with Gasteiger partial charge in [0.1, 0.15) is 30.9 Å². The van der Waals surface area contributed by atoms with E-state index in [-0.39, 0.29) is 57.6 Å². The molecule has 260 valence electrons. The first-order valence-corrected chi connectivity index (χ1v) is 15.9. The van der Waals surface area contributed by atoms with Crippen molar-refractivity contribution in [2.45, 2.75) is 88.4 Å². The minimum Gasteiger partial charge on any atom is -0.370 e. The molecule has 0 aromatic carbocycles.